The Morgan fingerprint density at radius 1 is 0.889 bits per heavy atom. The summed E-state index contributed by atoms with van der Waals surface area (Å²) in [6.07, 6.45) is 13.5. The fraction of sp³-hybridized carbons (Fsp3) is 0.933. The van der Waals surface area contributed by atoms with E-state index in [4.69, 9.17) is 10.7 Å². The van der Waals surface area contributed by atoms with Gasteiger partial charge in [0.1, 0.15) is 0 Å². The number of likely N-dealkylation sites (tertiary alicyclic amines) is 1. The highest BCUT2D eigenvalue weighted by atomic mass is 15.3. The summed E-state index contributed by atoms with van der Waals surface area (Å²) < 4.78 is 0. The number of nitrogens with two attached hydrogens (primary N) is 1. The van der Waals surface area contributed by atoms with E-state index in [0.717, 1.165) is 18.4 Å². The van der Waals surface area contributed by atoms with E-state index >= 15 is 0 Å². The van der Waals surface area contributed by atoms with Gasteiger partial charge in [0.25, 0.3) is 0 Å². The summed E-state index contributed by atoms with van der Waals surface area (Å²) in [4.78, 5) is 7.26. The van der Waals surface area contributed by atoms with Crippen molar-refractivity contribution in [2.75, 3.05) is 6.54 Å². The van der Waals surface area contributed by atoms with Crippen molar-refractivity contribution >= 4 is 5.96 Å². The van der Waals surface area contributed by atoms with Crippen LogP contribution in [0.15, 0.2) is 4.99 Å². The van der Waals surface area contributed by atoms with Crippen LogP contribution in [0.5, 0.6) is 0 Å². The van der Waals surface area contributed by atoms with E-state index in [1.807, 2.05) is 0 Å². The quantitative estimate of drug-likeness (QED) is 0.573. The first-order valence-electron chi connectivity index (χ1n) is 7.94. The molecular formula is C15H27N3. The predicted octanol–water partition coefficient (Wildman–Crippen LogP) is 2.90. The van der Waals surface area contributed by atoms with Crippen LogP contribution < -0.4 is 5.73 Å². The molecule has 2 N–H and O–H groups in total. The van der Waals surface area contributed by atoms with Gasteiger partial charge < -0.3 is 10.6 Å². The van der Waals surface area contributed by atoms with Crippen LogP contribution in [-0.2, 0) is 0 Å². The van der Waals surface area contributed by atoms with Crippen LogP contribution in [0, 0.1) is 5.92 Å². The summed E-state index contributed by atoms with van der Waals surface area (Å²) in [5.74, 6) is 1.75. The summed E-state index contributed by atoms with van der Waals surface area (Å²) in [5.41, 5.74) is 6.31. The Kier molecular flexibility index (Phi) is 3.76. The van der Waals surface area contributed by atoms with Gasteiger partial charge in [0.2, 0.25) is 0 Å². The normalized spacial score (nSPS) is 34.7. The van der Waals surface area contributed by atoms with Gasteiger partial charge in [-0.1, -0.05) is 25.7 Å². The molecule has 2 aliphatic carbocycles. The van der Waals surface area contributed by atoms with Crippen LogP contribution in [0.25, 0.3) is 0 Å². The summed E-state index contributed by atoms with van der Waals surface area (Å²) in [5, 5.41) is 0. The monoisotopic (exact) mass is 249 g/mol. The number of hydrogen-bond acceptors (Lipinski definition) is 1. The lowest BCUT2D eigenvalue weighted by Crippen LogP contribution is -2.52. The van der Waals surface area contributed by atoms with Crippen molar-refractivity contribution in [1.29, 1.82) is 0 Å². The molecule has 0 aromatic rings. The Morgan fingerprint density at radius 2 is 1.56 bits per heavy atom. The Bertz CT molecular complexity index is 305. The van der Waals surface area contributed by atoms with Crippen LogP contribution >= 0.6 is 0 Å². The van der Waals surface area contributed by atoms with Gasteiger partial charge in [-0.15, -0.1) is 0 Å². The SMILES string of the molecule is NC(=NC1CCCC1)N1CCCC2CCCCC21. The molecule has 0 bridgehead atoms. The molecule has 3 fully saturated rings. The lowest BCUT2D eigenvalue weighted by Gasteiger charge is -2.44. The lowest BCUT2D eigenvalue weighted by molar-refractivity contribution is 0.117. The Hall–Kier alpha value is -0.730. The van der Waals surface area contributed by atoms with Gasteiger partial charge in [0.15, 0.2) is 5.96 Å². The third-order valence-corrected chi connectivity index (χ3v) is 5.18. The van der Waals surface area contributed by atoms with Crippen molar-refractivity contribution in [3.8, 4) is 0 Å². The number of guanidine groups is 1. The molecule has 102 valence electrons. The van der Waals surface area contributed by atoms with Crippen LogP contribution in [0.2, 0.25) is 0 Å². The lowest BCUT2D eigenvalue weighted by atomic mass is 9.78. The molecule has 3 nitrogen and oxygen atoms in total. The van der Waals surface area contributed by atoms with Crippen LogP contribution in [0.3, 0.4) is 0 Å². The van der Waals surface area contributed by atoms with Crippen molar-refractivity contribution < 1.29 is 0 Å². The van der Waals surface area contributed by atoms with Gasteiger partial charge >= 0.3 is 0 Å². The first-order chi connectivity index (χ1) is 8.84. The van der Waals surface area contributed by atoms with E-state index in [9.17, 15) is 0 Å². The maximum atomic E-state index is 6.31. The Balaban J connectivity index is 1.68. The second kappa shape index (κ2) is 5.50. The van der Waals surface area contributed by atoms with Gasteiger partial charge in [-0.25, -0.2) is 4.99 Å². The highest BCUT2D eigenvalue weighted by molar-refractivity contribution is 5.78. The first kappa shape index (κ1) is 12.3. The number of piperidine rings is 1. The molecular weight excluding hydrogens is 222 g/mol. The smallest absolute Gasteiger partial charge is 0.191 e. The topological polar surface area (TPSA) is 41.6 Å². The molecule has 0 aromatic heterocycles. The average molecular weight is 249 g/mol. The molecule has 0 spiro atoms. The number of rotatable bonds is 1. The van der Waals surface area contributed by atoms with Crippen molar-refractivity contribution in [3.63, 3.8) is 0 Å². The molecule has 2 unspecified atom stereocenters. The second-order valence-electron chi connectivity index (χ2n) is 6.37. The largest absolute Gasteiger partial charge is 0.370 e. The highest BCUT2D eigenvalue weighted by Crippen LogP contribution is 2.35. The van der Waals surface area contributed by atoms with E-state index < -0.39 is 0 Å². The van der Waals surface area contributed by atoms with Gasteiger partial charge in [-0.3, -0.25) is 0 Å². The molecule has 1 aliphatic heterocycles. The van der Waals surface area contributed by atoms with Crippen molar-refractivity contribution in [2.45, 2.75) is 76.3 Å². The highest BCUT2D eigenvalue weighted by Gasteiger charge is 2.34. The first-order valence-corrected chi connectivity index (χ1v) is 7.94. The van der Waals surface area contributed by atoms with Gasteiger partial charge in [-0.2, -0.15) is 0 Å². The maximum Gasteiger partial charge on any atom is 0.191 e. The zero-order valence-corrected chi connectivity index (χ0v) is 11.5. The summed E-state index contributed by atoms with van der Waals surface area (Å²) >= 11 is 0. The zero-order valence-electron chi connectivity index (χ0n) is 11.5. The minimum Gasteiger partial charge on any atom is -0.370 e. The number of nitrogens with zero attached hydrogens (tertiary/aromatic N) is 2. The molecule has 2 atom stereocenters. The van der Waals surface area contributed by atoms with Crippen molar-refractivity contribution in [1.82, 2.24) is 4.90 Å². The molecule has 0 aromatic carbocycles. The van der Waals surface area contributed by atoms with Crippen LogP contribution in [0.4, 0.5) is 0 Å². The van der Waals surface area contributed by atoms with Crippen molar-refractivity contribution in [3.05, 3.63) is 0 Å². The van der Waals surface area contributed by atoms with E-state index in [0.29, 0.717) is 12.1 Å². The molecule has 0 amide bonds. The van der Waals surface area contributed by atoms with Crippen LogP contribution in [0.1, 0.15) is 64.2 Å². The van der Waals surface area contributed by atoms with Gasteiger partial charge in [-0.05, 0) is 44.4 Å². The number of hydrogen-bond donors (Lipinski definition) is 1. The van der Waals surface area contributed by atoms with E-state index in [-0.39, 0.29) is 0 Å². The molecule has 0 radical (unpaired) electrons. The standard InChI is InChI=1S/C15H27N3/c16-15(17-13-8-2-3-9-13)18-11-5-7-12-6-1-4-10-14(12)18/h12-14H,1-11H2,(H2,16,17). The zero-order chi connectivity index (χ0) is 12.4. The third kappa shape index (κ3) is 2.50. The van der Waals surface area contributed by atoms with Crippen LogP contribution in [-0.4, -0.2) is 29.5 Å². The second-order valence-corrected chi connectivity index (χ2v) is 6.37. The summed E-state index contributed by atoms with van der Waals surface area (Å²) in [6.45, 7) is 1.14. The van der Waals surface area contributed by atoms with E-state index in [2.05, 4.69) is 4.90 Å². The predicted molar refractivity (Wildman–Crippen MR) is 75.6 cm³/mol. The average Bonchev–Trinajstić information content (AvgIpc) is 2.91. The van der Waals surface area contributed by atoms with E-state index in [1.165, 1.54) is 64.2 Å². The van der Waals surface area contributed by atoms with Gasteiger partial charge in [0, 0.05) is 12.6 Å². The molecule has 1 saturated heterocycles. The Labute approximate surface area is 111 Å². The molecule has 3 rings (SSSR count). The minimum atomic E-state index is 0.522. The summed E-state index contributed by atoms with van der Waals surface area (Å²) in [7, 11) is 0. The Morgan fingerprint density at radius 3 is 2.39 bits per heavy atom. The van der Waals surface area contributed by atoms with Crippen molar-refractivity contribution in [2.24, 2.45) is 16.6 Å². The van der Waals surface area contributed by atoms with E-state index in [1.54, 1.807) is 0 Å². The fourth-order valence-corrected chi connectivity index (χ4v) is 4.20. The fourth-order valence-electron chi connectivity index (χ4n) is 4.20. The number of fused-ring (bicyclic) bond motifs is 1. The molecule has 2 saturated carbocycles. The third-order valence-electron chi connectivity index (χ3n) is 5.18. The maximum absolute atomic E-state index is 6.31. The van der Waals surface area contributed by atoms with Gasteiger partial charge in [0.05, 0.1) is 6.04 Å². The summed E-state index contributed by atoms with van der Waals surface area (Å²) in [6, 6.07) is 1.23. The number of aliphatic imine (C=N–C) groups is 1. The molecule has 3 aliphatic rings. The minimum absolute atomic E-state index is 0.522. The molecule has 3 heteroatoms. The molecule has 1 heterocycles. The molecule has 18 heavy (non-hydrogen) atoms.